The van der Waals surface area contributed by atoms with Gasteiger partial charge < -0.3 is 15.5 Å². The van der Waals surface area contributed by atoms with Crippen molar-refractivity contribution in [1.82, 2.24) is 9.97 Å². The minimum atomic E-state index is -0.669. The van der Waals surface area contributed by atoms with Gasteiger partial charge in [0.1, 0.15) is 17.0 Å². The molecule has 0 radical (unpaired) electrons. The van der Waals surface area contributed by atoms with Gasteiger partial charge in [-0.15, -0.1) is 11.3 Å². The van der Waals surface area contributed by atoms with Crippen molar-refractivity contribution < 1.29 is 10.2 Å². The third-order valence-corrected chi connectivity index (χ3v) is 5.87. The largest absolute Gasteiger partial charge is 0.394 e. The van der Waals surface area contributed by atoms with Gasteiger partial charge in [-0.3, -0.25) is 0 Å². The minimum absolute atomic E-state index is 0.112. The van der Waals surface area contributed by atoms with Crippen LogP contribution in [0.4, 0.5) is 5.82 Å². The standard InChI is InChI=1S/C23H23N3O2S/c1-15-7-9-16(10-8-15)19-13-29-23-21(19)22(24-14-25-23)26-18(12-27)11-20(28)17-5-3-2-4-6-17/h2-10,13-14,18,20,27-28H,11-12H2,1H3,(H,24,25,26). The van der Waals surface area contributed by atoms with Gasteiger partial charge in [0.25, 0.3) is 0 Å². The van der Waals surface area contributed by atoms with Gasteiger partial charge in [0.2, 0.25) is 0 Å². The van der Waals surface area contributed by atoms with E-state index in [-0.39, 0.29) is 12.6 Å². The van der Waals surface area contributed by atoms with Crippen LogP contribution in [-0.4, -0.2) is 32.8 Å². The van der Waals surface area contributed by atoms with Gasteiger partial charge >= 0.3 is 0 Å². The summed E-state index contributed by atoms with van der Waals surface area (Å²) in [5.41, 5.74) is 4.20. The van der Waals surface area contributed by atoms with Crippen molar-refractivity contribution in [2.45, 2.75) is 25.5 Å². The molecule has 0 aliphatic rings. The number of hydrogen-bond acceptors (Lipinski definition) is 6. The van der Waals surface area contributed by atoms with Crippen LogP contribution in [0.2, 0.25) is 0 Å². The molecule has 5 nitrogen and oxygen atoms in total. The van der Waals surface area contributed by atoms with Crippen molar-refractivity contribution in [3.05, 3.63) is 77.4 Å². The van der Waals surface area contributed by atoms with E-state index in [2.05, 4.69) is 51.9 Å². The zero-order chi connectivity index (χ0) is 20.2. The molecule has 2 atom stereocenters. The molecule has 2 aromatic carbocycles. The second-order valence-corrected chi connectivity index (χ2v) is 7.96. The fourth-order valence-corrected chi connectivity index (χ4v) is 4.30. The van der Waals surface area contributed by atoms with Crippen LogP contribution in [0.25, 0.3) is 21.3 Å². The number of aryl methyl sites for hydroxylation is 1. The number of nitrogens with one attached hydrogen (secondary N) is 1. The van der Waals surface area contributed by atoms with Crippen molar-refractivity contribution in [3.63, 3.8) is 0 Å². The Morgan fingerprint density at radius 1 is 1.03 bits per heavy atom. The van der Waals surface area contributed by atoms with Crippen molar-refractivity contribution in [2.75, 3.05) is 11.9 Å². The van der Waals surface area contributed by atoms with E-state index in [0.717, 1.165) is 26.9 Å². The topological polar surface area (TPSA) is 78.3 Å². The smallest absolute Gasteiger partial charge is 0.139 e. The Balaban J connectivity index is 1.63. The van der Waals surface area contributed by atoms with Gasteiger partial charge in [-0.1, -0.05) is 60.2 Å². The fourth-order valence-electron chi connectivity index (χ4n) is 3.38. The van der Waals surface area contributed by atoms with Gasteiger partial charge in [-0.25, -0.2) is 9.97 Å². The Morgan fingerprint density at radius 3 is 2.52 bits per heavy atom. The lowest BCUT2D eigenvalue weighted by Gasteiger charge is -2.21. The number of aliphatic hydroxyl groups excluding tert-OH is 2. The van der Waals surface area contributed by atoms with E-state index in [4.69, 9.17) is 0 Å². The minimum Gasteiger partial charge on any atom is -0.394 e. The van der Waals surface area contributed by atoms with E-state index >= 15 is 0 Å². The van der Waals surface area contributed by atoms with Crippen LogP contribution in [0.1, 0.15) is 23.7 Å². The Morgan fingerprint density at radius 2 is 1.79 bits per heavy atom. The van der Waals surface area contributed by atoms with Crippen LogP contribution in [0.3, 0.4) is 0 Å². The van der Waals surface area contributed by atoms with Gasteiger partial charge in [0.05, 0.1) is 24.1 Å². The average Bonchev–Trinajstić information content (AvgIpc) is 3.19. The number of aromatic nitrogens is 2. The Hall–Kier alpha value is -2.80. The Labute approximate surface area is 173 Å². The number of anilines is 1. The first-order chi connectivity index (χ1) is 14.2. The lowest BCUT2D eigenvalue weighted by Crippen LogP contribution is -2.27. The maximum Gasteiger partial charge on any atom is 0.139 e. The number of hydrogen-bond donors (Lipinski definition) is 3. The maximum atomic E-state index is 10.6. The summed E-state index contributed by atoms with van der Waals surface area (Å²) in [6.07, 6.45) is 1.23. The predicted molar refractivity (Wildman–Crippen MR) is 118 cm³/mol. The van der Waals surface area contributed by atoms with E-state index in [1.165, 1.54) is 11.9 Å². The molecule has 0 aliphatic carbocycles. The zero-order valence-corrected chi connectivity index (χ0v) is 16.9. The van der Waals surface area contributed by atoms with Crippen LogP contribution in [0.15, 0.2) is 66.3 Å². The molecule has 0 spiro atoms. The third kappa shape index (κ3) is 4.29. The molecule has 29 heavy (non-hydrogen) atoms. The summed E-state index contributed by atoms with van der Waals surface area (Å²) in [6.45, 7) is 1.95. The molecule has 4 rings (SSSR count). The molecule has 0 fully saturated rings. The first-order valence-electron chi connectivity index (χ1n) is 9.55. The Kier molecular flexibility index (Phi) is 5.85. The number of aliphatic hydroxyl groups is 2. The summed E-state index contributed by atoms with van der Waals surface area (Å²) in [5.74, 6) is 0.672. The number of benzene rings is 2. The molecule has 6 heteroatoms. The summed E-state index contributed by atoms with van der Waals surface area (Å²) in [7, 11) is 0. The second kappa shape index (κ2) is 8.69. The summed E-state index contributed by atoms with van der Waals surface area (Å²) < 4.78 is 0. The molecule has 148 valence electrons. The molecule has 2 aromatic heterocycles. The highest BCUT2D eigenvalue weighted by Crippen LogP contribution is 2.37. The Bertz CT molecular complexity index is 1080. The summed E-state index contributed by atoms with van der Waals surface area (Å²) in [5, 5.41) is 26.8. The maximum absolute atomic E-state index is 10.6. The first-order valence-corrected chi connectivity index (χ1v) is 10.4. The number of thiophene rings is 1. The highest BCUT2D eigenvalue weighted by Gasteiger charge is 2.19. The van der Waals surface area contributed by atoms with Crippen molar-refractivity contribution in [3.8, 4) is 11.1 Å². The van der Waals surface area contributed by atoms with Crippen molar-refractivity contribution >= 4 is 27.4 Å². The van der Waals surface area contributed by atoms with Gasteiger partial charge in [-0.2, -0.15) is 0 Å². The summed E-state index contributed by atoms with van der Waals surface area (Å²) in [4.78, 5) is 9.73. The molecule has 4 aromatic rings. The lowest BCUT2D eigenvalue weighted by molar-refractivity contribution is 0.144. The van der Waals surface area contributed by atoms with Crippen molar-refractivity contribution in [2.24, 2.45) is 0 Å². The summed E-state index contributed by atoms with van der Waals surface area (Å²) in [6, 6.07) is 17.5. The lowest BCUT2D eigenvalue weighted by atomic mass is 10.0. The normalized spacial score (nSPS) is 13.3. The average molecular weight is 406 g/mol. The van der Waals surface area contributed by atoms with Gasteiger partial charge in [0, 0.05) is 10.9 Å². The van der Waals surface area contributed by atoms with E-state index in [1.807, 2.05) is 30.3 Å². The molecule has 0 amide bonds. The highest BCUT2D eigenvalue weighted by atomic mass is 32.1. The molecule has 0 saturated heterocycles. The summed E-state index contributed by atoms with van der Waals surface area (Å²) >= 11 is 1.57. The van der Waals surface area contributed by atoms with Gasteiger partial charge in [-0.05, 0) is 24.5 Å². The predicted octanol–water partition coefficient (Wildman–Crippen LogP) is 4.56. The molecule has 0 bridgehead atoms. The molecule has 2 heterocycles. The van der Waals surface area contributed by atoms with Crippen LogP contribution < -0.4 is 5.32 Å². The van der Waals surface area contributed by atoms with E-state index in [1.54, 1.807) is 11.3 Å². The van der Waals surface area contributed by atoms with E-state index in [0.29, 0.717) is 12.2 Å². The van der Waals surface area contributed by atoms with Gasteiger partial charge in [0.15, 0.2) is 0 Å². The van der Waals surface area contributed by atoms with Crippen LogP contribution in [-0.2, 0) is 0 Å². The molecular weight excluding hydrogens is 382 g/mol. The number of rotatable bonds is 7. The quantitative estimate of drug-likeness (QED) is 0.420. The monoisotopic (exact) mass is 405 g/mol. The van der Waals surface area contributed by atoms with E-state index in [9.17, 15) is 10.2 Å². The first kappa shape index (κ1) is 19.5. The SMILES string of the molecule is Cc1ccc(-c2csc3ncnc(NC(CO)CC(O)c4ccccc4)c23)cc1. The van der Waals surface area contributed by atoms with Crippen molar-refractivity contribution in [1.29, 1.82) is 0 Å². The molecule has 0 aliphatic heterocycles. The number of fused-ring (bicyclic) bond motifs is 1. The second-order valence-electron chi connectivity index (χ2n) is 7.10. The highest BCUT2D eigenvalue weighted by molar-refractivity contribution is 7.17. The van der Waals surface area contributed by atoms with Crippen LogP contribution >= 0.6 is 11.3 Å². The van der Waals surface area contributed by atoms with Crippen LogP contribution in [0, 0.1) is 6.92 Å². The molecule has 2 unspecified atom stereocenters. The molecule has 3 N–H and O–H groups in total. The number of nitrogens with zero attached hydrogens (tertiary/aromatic N) is 2. The molecular formula is C23H23N3O2S. The third-order valence-electron chi connectivity index (χ3n) is 4.99. The van der Waals surface area contributed by atoms with Crippen LogP contribution in [0.5, 0.6) is 0 Å². The fraction of sp³-hybridized carbons (Fsp3) is 0.217. The zero-order valence-electron chi connectivity index (χ0n) is 16.1. The molecule has 0 saturated carbocycles. The van der Waals surface area contributed by atoms with E-state index < -0.39 is 6.10 Å².